The van der Waals surface area contributed by atoms with E-state index in [0.717, 1.165) is 44.3 Å². The van der Waals surface area contributed by atoms with Gasteiger partial charge in [0.15, 0.2) is 0 Å². The molecular weight excluding hydrogens is 571 g/mol. The fourth-order valence-electron chi connectivity index (χ4n) is 7.28. The van der Waals surface area contributed by atoms with Crippen LogP contribution in [0.4, 0.5) is 0 Å². The number of aromatic nitrogens is 3. The highest BCUT2D eigenvalue weighted by atomic mass is 15.2. The fraction of sp³-hybridized carbons (Fsp3) is 0. The van der Waals surface area contributed by atoms with Gasteiger partial charge in [-0.2, -0.15) is 0 Å². The molecule has 0 unspecified atom stereocenters. The Morgan fingerprint density at radius 2 is 1.00 bits per heavy atom. The molecule has 0 atom stereocenters. The fourth-order valence-corrected chi connectivity index (χ4v) is 7.28. The summed E-state index contributed by atoms with van der Waals surface area (Å²) in [7, 11) is 0. The first-order chi connectivity index (χ1) is 23.3. The summed E-state index contributed by atoms with van der Waals surface area (Å²) in [6.07, 6.45) is 0. The van der Waals surface area contributed by atoms with Crippen LogP contribution in [-0.2, 0) is 0 Å². The van der Waals surface area contributed by atoms with E-state index < -0.39 is 0 Å². The van der Waals surface area contributed by atoms with Crippen molar-refractivity contribution < 1.29 is 0 Å². The number of nitrogens with zero attached hydrogens (tertiary/aromatic N) is 3. The van der Waals surface area contributed by atoms with Crippen LogP contribution in [0.2, 0.25) is 0 Å². The van der Waals surface area contributed by atoms with Crippen LogP contribution < -0.4 is 0 Å². The molecule has 3 heteroatoms. The van der Waals surface area contributed by atoms with Crippen molar-refractivity contribution >= 4 is 65.0 Å². The predicted octanol–water partition coefficient (Wildman–Crippen LogP) is 11.5. The maximum Gasteiger partial charge on any atom is 0.235 e. The molecule has 0 radical (unpaired) electrons. The van der Waals surface area contributed by atoms with Crippen LogP contribution in [0.25, 0.3) is 93.4 Å². The van der Waals surface area contributed by atoms with Crippen LogP contribution in [0.15, 0.2) is 164 Å². The molecule has 3 nitrogen and oxygen atoms in total. The van der Waals surface area contributed by atoms with E-state index in [1.807, 2.05) is 0 Å². The minimum absolute atomic E-state index is 0.665. The van der Waals surface area contributed by atoms with Crippen molar-refractivity contribution in [2.75, 3.05) is 0 Å². The molecule has 0 aliphatic carbocycles. The second-order valence-electron chi connectivity index (χ2n) is 12.3. The third-order valence-electron chi connectivity index (χ3n) is 9.55. The first-order valence-corrected chi connectivity index (χ1v) is 16.0. The van der Waals surface area contributed by atoms with Gasteiger partial charge in [0.05, 0.1) is 22.2 Å². The van der Waals surface area contributed by atoms with Gasteiger partial charge >= 0.3 is 0 Å². The van der Waals surface area contributed by atoms with E-state index in [0.29, 0.717) is 5.95 Å². The van der Waals surface area contributed by atoms with Gasteiger partial charge in [-0.25, -0.2) is 9.97 Å². The van der Waals surface area contributed by atoms with Crippen molar-refractivity contribution in [2.45, 2.75) is 0 Å². The molecule has 0 N–H and O–H groups in total. The van der Waals surface area contributed by atoms with Crippen molar-refractivity contribution in [3.05, 3.63) is 164 Å². The van der Waals surface area contributed by atoms with E-state index in [2.05, 4.69) is 168 Å². The number of benzene rings is 8. The Hall–Kier alpha value is -6.32. The summed E-state index contributed by atoms with van der Waals surface area (Å²) >= 11 is 0. The van der Waals surface area contributed by atoms with E-state index in [4.69, 9.17) is 9.97 Å². The maximum atomic E-state index is 5.42. The molecule has 0 saturated carbocycles. The van der Waals surface area contributed by atoms with Gasteiger partial charge < -0.3 is 0 Å². The zero-order valence-electron chi connectivity index (χ0n) is 25.4. The van der Waals surface area contributed by atoms with E-state index in [-0.39, 0.29) is 0 Å². The van der Waals surface area contributed by atoms with Crippen LogP contribution in [0, 0.1) is 0 Å². The average molecular weight is 598 g/mol. The van der Waals surface area contributed by atoms with E-state index in [1.54, 1.807) is 0 Å². The highest BCUT2D eigenvalue weighted by Crippen LogP contribution is 2.37. The van der Waals surface area contributed by atoms with Gasteiger partial charge in [0.25, 0.3) is 0 Å². The van der Waals surface area contributed by atoms with Crippen molar-refractivity contribution in [1.29, 1.82) is 0 Å². The molecule has 47 heavy (non-hydrogen) atoms. The van der Waals surface area contributed by atoms with Gasteiger partial charge in [0.2, 0.25) is 5.95 Å². The molecule has 0 aliphatic heterocycles. The molecule has 0 amide bonds. The van der Waals surface area contributed by atoms with Gasteiger partial charge in [0, 0.05) is 21.7 Å². The third kappa shape index (κ3) is 4.07. The Bertz CT molecular complexity index is 2850. The molecule has 2 heterocycles. The lowest BCUT2D eigenvalue weighted by molar-refractivity contribution is 1.01. The van der Waals surface area contributed by atoms with Gasteiger partial charge in [-0.05, 0) is 79.8 Å². The minimum Gasteiger partial charge on any atom is -0.278 e. The Balaban J connectivity index is 1.29. The zero-order chi connectivity index (χ0) is 30.9. The van der Waals surface area contributed by atoms with Gasteiger partial charge in [-0.1, -0.05) is 127 Å². The highest BCUT2D eigenvalue weighted by molar-refractivity contribution is 6.14. The van der Waals surface area contributed by atoms with Crippen molar-refractivity contribution in [2.24, 2.45) is 0 Å². The normalized spacial score (nSPS) is 11.8. The van der Waals surface area contributed by atoms with Crippen molar-refractivity contribution in [3.63, 3.8) is 0 Å². The first-order valence-electron chi connectivity index (χ1n) is 16.0. The molecule has 10 rings (SSSR count). The van der Waals surface area contributed by atoms with Crippen molar-refractivity contribution in [1.82, 2.24) is 14.5 Å². The lowest BCUT2D eigenvalue weighted by atomic mass is 9.97. The van der Waals surface area contributed by atoms with Crippen LogP contribution >= 0.6 is 0 Å². The number of rotatable bonds is 3. The largest absolute Gasteiger partial charge is 0.278 e. The molecule has 0 bridgehead atoms. The van der Waals surface area contributed by atoms with Crippen LogP contribution in [0.3, 0.4) is 0 Å². The molecule has 0 fully saturated rings. The van der Waals surface area contributed by atoms with Gasteiger partial charge in [0.1, 0.15) is 0 Å². The Morgan fingerprint density at radius 3 is 1.87 bits per heavy atom. The van der Waals surface area contributed by atoms with Crippen LogP contribution in [0.1, 0.15) is 0 Å². The topological polar surface area (TPSA) is 30.7 Å². The average Bonchev–Trinajstić information content (AvgIpc) is 3.46. The SMILES string of the molecule is c1ccc(-c2ccc3c(-c4ccc5c(ccc6ccccc65)c4)nc(-n4c5ccccc5c5cc6ccccc6cc54)nc3c2)cc1. The molecule has 8 aromatic carbocycles. The van der Waals surface area contributed by atoms with E-state index >= 15 is 0 Å². The second kappa shape index (κ2) is 10.1. The second-order valence-corrected chi connectivity index (χ2v) is 12.3. The van der Waals surface area contributed by atoms with Crippen LogP contribution in [-0.4, -0.2) is 14.5 Å². The lowest BCUT2D eigenvalue weighted by Crippen LogP contribution is -2.03. The Kier molecular flexibility index (Phi) is 5.57. The summed E-state index contributed by atoms with van der Waals surface area (Å²) in [5.74, 6) is 0.665. The summed E-state index contributed by atoms with van der Waals surface area (Å²) < 4.78 is 2.24. The summed E-state index contributed by atoms with van der Waals surface area (Å²) in [4.78, 5) is 10.7. The Labute approximate surface area is 271 Å². The molecular formula is C44H27N3. The summed E-state index contributed by atoms with van der Waals surface area (Å²) in [6.45, 7) is 0. The molecule has 0 aliphatic rings. The number of hydrogen-bond donors (Lipinski definition) is 0. The highest BCUT2D eigenvalue weighted by Gasteiger charge is 2.18. The monoisotopic (exact) mass is 597 g/mol. The van der Waals surface area contributed by atoms with Crippen LogP contribution in [0.5, 0.6) is 0 Å². The molecule has 0 saturated heterocycles. The van der Waals surface area contributed by atoms with Gasteiger partial charge in [-0.3, -0.25) is 4.57 Å². The smallest absolute Gasteiger partial charge is 0.235 e. The zero-order valence-corrected chi connectivity index (χ0v) is 25.4. The predicted molar refractivity (Wildman–Crippen MR) is 197 cm³/mol. The van der Waals surface area contributed by atoms with E-state index in [1.165, 1.54) is 43.1 Å². The first kappa shape index (κ1) is 26.0. The lowest BCUT2D eigenvalue weighted by Gasteiger charge is -2.14. The van der Waals surface area contributed by atoms with Crippen molar-refractivity contribution in [3.8, 4) is 28.3 Å². The molecule has 0 spiro atoms. The summed E-state index contributed by atoms with van der Waals surface area (Å²) in [5, 5.41) is 10.8. The molecule has 2 aromatic heterocycles. The quantitative estimate of drug-likeness (QED) is 0.190. The number of fused-ring (bicyclic) bond motifs is 8. The molecule has 10 aromatic rings. The molecule has 218 valence electrons. The van der Waals surface area contributed by atoms with E-state index in [9.17, 15) is 0 Å². The summed E-state index contributed by atoms with van der Waals surface area (Å²) in [6, 6.07) is 58.5. The Morgan fingerprint density at radius 1 is 0.340 bits per heavy atom. The maximum absolute atomic E-state index is 5.42. The summed E-state index contributed by atoms with van der Waals surface area (Å²) in [5.41, 5.74) is 7.39. The third-order valence-corrected chi connectivity index (χ3v) is 9.55. The minimum atomic E-state index is 0.665. The standard InChI is InChI=1S/C44H27N3/c1-2-10-28(11-3-1)32-20-23-38-40(26-32)45-44(46-43(38)34-21-22-36-33(24-34)19-18-29-12-6-7-15-35(29)36)47-41-17-9-8-16-37(41)39-25-30-13-4-5-14-31(30)27-42(39)47/h1-27H. The number of hydrogen-bond acceptors (Lipinski definition) is 2. The van der Waals surface area contributed by atoms with Gasteiger partial charge in [-0.15, -0.1) is 0 Å². The number of para-hydroxylation sites is 1.